The predicted octanol–water partition coefficient (Wildman–Crippen LogP) is -1.10. The number of ether oxygens (including phenoxy) is 1. The van der Waals surface area contributed by atoms with Crippen LogP contribution in [-0.4, -0.2) is 53.6 Å². The van der Waals surface area contributed by atoms with Gasteiger partial charge in [0.1, 0.15) is 25.7 Å². The fraction of sp³-hybridized carbons (Fsp3) is 0.625. The van der Waals surface area contributed by atoms with E-state index in [0.29, 0.717) is 6.08 Å². The summed E-state index contributed by atoms with van der Waals surface area (Å²) in [5, 5.41) is 27.9. The third-order valence-corrected chi connectivity index (χ3v) is 2.20. The second-order valence-electron chi connectivity index (χ2n) is 3.16. The first-order valence-electron chi connectivity index (χ1n) is 4.13. The Morgan fingerprint density at radius 2 is 2.20 bits per heavy atom. The highest BCUT2D eigenvalue weighted by atomic mass is 19.3. The van der Waals surface area contributed by atoms with Crippen molar-refractivity contribution in [1.82, 2.24) is 0 Å². The van der Waals surface area contributed by atoms with E-state index in [1.807, 2.05) is 0 Å². The second kappa shape index (κ2) is 4.43. The molecule has 1 aliphatic heterocycles. The largest absolute Gasteiger partial charge is 0.394 e. The van der Waals surface area contributed by atoms with Crippen LogP contribution in [0.3, 0.4) is 0 Å². The van der Waals surface area contributed by atoms with Gasteiger partial charge in [-0.1, -0.05) is 5.73 Å². The van der Waals surface area contributed by atoms with Crippen LogP contribution in [0.1, 0.15) is 0 Å². The van der Waals surface area contributed by atoms with Crippen LogP contribution < -0.4 is 0 Å². The summed E-state index contributed by atoms with van der Waals surface area (Å²) >= 11 is 0. The van der Waals surface area contributed by atoms with Crippen molar-refractivity contribution < 1.29 is 28.8 Å². The molecule has 1 saturated heterocycles. The Labute approximate surface area is 85.9 Å². The molecule has 0 amide bonds. The smallest absolute Gasteiger partial charge is 0.312 e. The van der Waals surface area contributed by atoms with E-state index in [1.165, 1.54) is 5.73 Å². The molecule has 7 heteroatoms. The lowest BCUT2D eigenvalue weighted by Crippen LogP contribution is -2.47. The highest BCUT2D eigenvalue weighted by Gasteiger charge is 2.50. The monoisotopic (exact) mass is 218 g/mol. The standard InChI is InChI=1S/C8H9BF2O4/c9-7-8(14,2-1-5(10)11)6(13)4(3-12)15-7/h2,4,6-7,12-14H,3H2/t4-,6+,7-,8?/m1/s1. The molecule has 0 aromatic heterocycles. The average molecular weight is 218 g/mol. The highest BCUT2D eigenvalue weighted by Crippen LogP contribution is 2.30. The first kappa shape index (κ1) is 12.4. The molecule has 0 bridgehead atoms. The van der Waals surface area contributed by atoms with Gasteiger partial charge in [-0.05, 0) is 6.08 Å². The summed E-state index contributed by atoms with van der Waals surface area (Å²) in [4.78, 5) is 0. The Kier molecular flexibility index (Phi) is 3.65. The fourth-order valence-corrected chi connectivity index (χ4v) is 1.32. The summed E-state index contributed by atoms with van der Waals surface area (Å²) in [6.45, 7) is -0.577. The second-order valence-corrected chi connectivity index (χ2v) is 3.16. The highest BCUT2D eigenvalue weighted by molar-refractivity contribution is 6.12. The van der Waals surface area contributed by atoms with Crippen LogP contribution in [0.4, 0.5) is 8.78 Å². The van der Waals surface area contributed by atoms with Gasteiger partial charge in [-0.25, -0.2) is 0 Å². The summed E-state index contributed by atoms with van der Waals surface area (Å²) in [6.07, 6.45) is -4.31. The predicted molar refractivity (Wildman–Crippen MR) is 46.3 cm³/mol. The lowest BCUT2D eigenvalue weighted by atomic mass is 9.80. The van der Waals surface area contributed by atoms with Crippen LogP contribution >= 0.6 is 0 Å². The third-order valence-electron chi connectivity index (χ3n) is 2.20. The Morgan fingerprint density at radius 1 is 1.60 bits per heavy atom. The van der Waals surface area contributed by atoms with Gasteiger partial charge in [-0.2, -0.15) is 8.78 Å². The number of halogens is 2. The minimum Gasteiger partial charge on any atom is -0.394 e. The van der Waals surface area contributed by atoms with Crippen LogP contribution in [0.15, 0.2) is 17.9 Å². The molecule has 0 saturated carbocycles. The zero-order chi connectivity index (χ0) is 11.6. The van der Waals surface area contributed by atoms with Crippen molar-refractivity contribution in [2.24, 2.45) is 0 Å². The maximum absolute atomic E-state index is 11.7. The van der Waals surface area contributed by atoms with Crippen molar-refractivity contribution in [3.05, 3.63) is 17.9 Å². The lowest BCUT2D eigenvalue weighted by Gasteiger charge is -2.24. The maximum Gasteiger partial charge on any atom is 0.312 e. The van der Waals surface area contributed by atoms with Crippen LogP contribution in [-0.2, 0) is 4.74 Å². The lowest BCUT2D eigenvalue weighted by molar-refractivity contribution is -0.0286. The molecule has 3 N–H and O–H groups in total. The van der Waals surface area contributed by atoms with E-state index in [-0.39, 0.29) is 0 Å². The minimum atomic E-state index is -2.17. The molecule has 4 atom stereocenters. The molecule has 0 spiro atoms. The first-order valence-corrected chi connectivity index (χ1v) is 4.13. The van der Waals surface area contributed by atoms with Gasteiger partial charge in [0.05, 0.1) is 12.6 Å². The van der Waals surface area contributed by atoms with Gasteiger partial charge in [0, 0.05) is 0 Å². The zero-order valence-corrected chi connectivity index (χ0v) is 7.60. The van der Waals surface area contributed by atoms with Gasteiger partial charge in [0.25, 0.3) is 0 Å². The summed E-state index contributed by atoms with van der Waals surface area (Å²) in [5.74, 6) is 0. The Hall–Kier alpha value is -0.715. The van der Waals surface area contributed by atoms with E-state index in [1.54, 1.807) is 0 Å². The SMILES string of the molecule is [B][C@@H]1O[C@H](CO)[C@H](O)C1(O)C=C=C(F)F. The Balaban J connectivity index is 2.97. The molecule has 1 fully saturated rings. The van der Waals surface area contributed by atoms with Gasteiger partial charge in [-0.3, -0.25) is 0 Å². The van der Waals surface area contributed by atoms with Crippen molar-refractivity contribution in [2.45, 2.75) is 23.8 Å². The van der Waals surface area contributed by atoms with Crippen molar-refractivity contribution in [3.8, 4) is 0 Å². The number of aliphatic hydroxyl groups excluding tert-OH is 2. The van der Waals surface area contributed by atoms with Gasteiger partial charge >= 0.3 is 6.08 Å². The van der Waals surface area contributed by atoms with Crippen molar-refractivity contribution >= 4 is 7.85 Å². The van der Waals surface area contributed by atoms with Gasteiger partial charge in [0.15, 0.2) is 0 Å². The van der Waals surface area contributed by atoms with Crippen molar-refractivity contribution in [2.75, 3.05) is 6.61 Å². The molecule has 0 aliphatic carbocycles. The normalized spacial score (nSPS) is 39.9. The van der Waals surface area contributed by atoms with Crippen molar-refractivity contribution in [1.29, 1.82) is 0 Å². The van der Waals surface area contributed by atoms with Crippen LogP contribution in [0.25, 0.3) is 0 Å². The minimum absolute atomic E-state index is 0.535. The molecule has 1 rings (SSSR count). The van der Waals surface area contributed by atoms with E-state index in [2.05, 4.69) is 0 Å². The maximum atomic E-state index is 11.7. The van der Waals surface area contributed by atoms with Crippen molar-refractivity contribution in [3.63, 3.8) is 0 Å². The molecule has 82 valence electrons. The summed E-state index contributed by atoms with van der Waals surface area (Å²) in [7, 11) is 5.29. The van der Waals surface area contributed by atoms with E-state index in [9.17, 15) is 19.0 Å². The van der Waals surface area contributed by atoms with E-state index < -0.39 is 36.5 Å². The van der Waals surface area contributed by atoms with E-state index in [4.69, 9.17) is 17.7 Å². The number of rotatable bonds is 2. The quantitative estimate of drug-likeness (QED) is 0.406. The molecule has 0 aromatic carbocycles. The topological polar surface area (TPSA) is 69.9 Å². The molecular formula is C8H9BF2O4. The van der Waals surface area contributed by atoms with Crippen LogP contribution in [0, 0.1) is 0 Å². The number of hydrogen-bond acceptors (Lipinski definition) is 4. The van der Waals surface area contributed by atoms with Crippen LogP contribution in [0.2, 0.25) is 0 Å². The zero-order valence-electron chi connectivity index (χ0n) is 7.60. The number of aliphatic hydroxyl groups is 3. The molecule has 1 aliphatic rings. The molecule has 0 aromatic rings. The summed E-state index contributed by atoms with van der Waals surface area (Å²) in [5.41, 5.74) is -0.730. The third kappa shape index (κ3) is 2.27. The molecule has 15 heavy (non-hydrogen) atoms. The fourth-order valence-electron chi connectivity index (χ4n) is 1.32. The van der Waals surface area contributed by atoms with Gasteiger partial charge in [-0.15, -0.1) is 0 Å². The molecule has 2 radical (unpaired) electrons. The molecule has 1 unspecified atom stereocenters. The van der Waals surface area contributed by atoms with Crippen LogP contribution in [0.5, 0.6) is 0 Å². The summed E-state index contributed by atoms with van der Waals surface area (Å²) in [6, 6.07) is -1.39. The Bertz CT molecular complexity index is 301. The summed E-state index contributed by atoms with van der Waals surface area (Å²) < 4.78 is 28.3. The van der Waals surface area contributed by atoms with E-state index >= 15 is 0 Å². The average Bonchev–Trinajstić information content (AvgIpc) is 2.40. The number of hydrogen-bond donors (Lipinski definition) is 3. The van der Waals surface area contributed by atoms with E-state index in [0.717, 1.165) is 0 Å². The molecule has 4 nitrogen and oxygen atoms in total. The van der Waals surface area contributed by atoms with Gasteiger partial charge < -0.3 is 20.1 Å². The first-order chi connectivity index (χ1) is 6.91. The molecular weight excluding hydrogens is 209 g/mol. The Morgan fingerprint density at radius 3 is 2.60 bits per heavy atom. The van der Waals surface area contributed by atoms with Gasteiger partial charge in [0.2, 0.25) is 0 Å². The molecule has 1 heterocycles.